The van der Waals surface area contributed by atoms with E-state index in [1.165, 1.54) is 12.1 Å². The van der Waals surface area contributed by atoms with Crippen molar-refractivity contribution in [3.8, 4) is 0 Å². The van der Waals surface area contributed by atoms with Crippen LogP contribution in [-0.4, -0.2) is 19.8 Å². The largest absolute Gasteiger partial charge is 0.382 e. The summed E-state index contributed by atoms with van der Waals surface area (Å²) >= 11 is 0. The summed E-state index contributed by atoms with van der Waals surface area (Å²) in [6.45, 7) is 7.21. The zero-order chi connectivity index (χ0) is 13.5. The van der Waals surface area contributed by atoms with Crippen LogP contribution >= 0.6 is 0 Å². The van der Waals surface area contributed by atoms with Gasteiger partial charge in [-0.2, -0.15) is 0 Å². The molecule has 1 N–H and O–H groups in total. The molecule has 0 bridgehead atoms. The first-order chi connectivity index (χ1) is 8.61. The maximum absolute atomic E-state index is 14.0. The van der Waals surface area contributed by atoms with E-state index in [0.717, 1.165) is 0 Å². The fourth-order valence-corrected chi connectivity index (χ4v) is 1.94. The molecule has 102 valence electrons. The summed E-state index contributed by atoms with van der Waals surface area (Å²) in [5.74, 6) is -0.960. The van der Waals surface area contributed by atoms with Crippen molar-refractivity contribution in [2.24, 2.45) is 0 Å². The third-order valence-corrected chi connectivity index (χ3v) is 2.87. The summed E-state index contributed by atoms with van der Waals surface area (Å²) < 4.78 is 33.1. The predicted octanol–water partition coefficient (Wildman–Crippen LogP) is 3.35. The number of ether oxygens (including phenoxy) is 1. The van der Waals surface area contributed by atoms with Crippen LogP contribution in [0.4, 0.5) is 8.78 Å². The molecule has 0 aliphatic rings. The van der Waals surface area contributed by atoms with Gasteiger partial charge in [0.25, 0.3) is 0 Å². The minimum absolute atomic E-state index is 0.122. The molecular formula is C14H21F2NO. The molecule has 4 heteroatoms. The summed E-state index contributed by atoms with van der Waals surface area (Å²) in [6.07, 6.45) is 0.555. The van der Waals surface area contributed by atoms with Crippen molar-refractivity contribution in [3.05, 3.63) is 34.9 Å². The molecule has 18 heavy (non-hydrogen) atoms. The van der Waals surface area contributed by atoms with E-state index in [4.69, 9.17) is 4.74 Å². The highest BCUT2D eigenvalue weighted by Gasteiger charge is 2.20. The van der Waals surface area contributed by atoms with E-state index < -0.39 is 11.6 Å². The monoisotopic (exact) mass is 257 g/mol. The fourth-order valence-electron chi connectivity index (χ4n) is 1.94. The third-order valence-electron chi connectivity index (χ3n) is 2.87. The predicted molar refractivity (Wildman–Crippen MR) is 68.6 cm³/mol. The molecule has 0 radical (unpaired) electrons. The lowest BCUT2D eigenvalue weighted by Crippen LogP contribution is -2.24. The van der Waals surface area contributed by atoms with E-state index in [0.29, 0.717) is 31.7 Å². The number of aryl methyl sites for hydroxylation is 1. The Morgan fingerprint density at radius 1 is 1.28 bits per heavy atom. The molecular weight excluding hydrogens is 236 g/mol. The molecule has 1 rings (SSSR count). The number of hydrogen-bond donors (Lipinski definition) is 1. The molecule has 0 aromatic heterocycles. The Kier molecular flexibility index (Phi) is 6.22. The van der Waals surface area contributed by atoms with Crippen LogP contribution in [0.3, 0.4) is 0 Å². The van der Waals surface area contributed by atoms with E-state index in [1.807, 2.05) is 13.8 Å². The van der Waals surface area contributed by atoms with Crippen molar-refractivity contribution in [3.63, 3.8) is 0 Å². The Morgan fingerprint density at radius 2 is 2.00 bits per heavy atom. The van der Waals surface area contributed by atoms with E-state index >= 15 is 0 Å². The Morgan fingerprint density at radius 3 is 2.61 bits per heavy atom. The van der Waals surface area contributed by atoms with Gasteiger partial charge in [-0.25, -0.2) is 8.78 Å². The van der Waals surface area contributed by atoms with Crippen molar-refractivity contribution in [2.75, 3.05) is 19.8 Å². The van der Waals surface area contributed by atoms with Crippen LogP contribution in [0, 0.1) is 18.6 Å². The van der Waals surface area contributed by atoms with Gasteiger partial charge in [0.1, 0.15) is 11.6 Å². The summed E-state index contributed by atoms with van der Waals surface area (Å²) in [4.78, 5) is 0. The molecule has 1 aromatic rings. The molecule has 0 aliphatic carbocycles. The van der Waals surface area contributed by atoms with Gasteiger partial charge < -0.3 is 10.1 Å². The quantitative estimate of drug-likeness (QED) is 0.756. The number of nitrogens with one attached hydrogen (secondary N) is 1. The Bertz CT molecular complexity index is 382. The van der Waals surface area contributed by atoms with Gasteiger partial charge in [-0.15, -0.1) is 0 Å². The maximum atomic E-state index is 14.0. The second-order valence-corrected chi connectivity index (χ2v) is 4.19. The second kappa shape index (κ2) is 7.44. The van der Waals surface area contributed by atoms with Crippen molar-refractivity contribution >= 4 is 0 Å². The molecule has 0 fully saturated rings. The normalized spacial score (nSPS) is 12.7. The molecule has 0 saturated carbocycles. The summed E-state index contributed by atoms with van der Waals surface area (Å²) in [5, 5.41) is 3.11. The molecule has 1 unspecified atom stereocenters. The van der Waals surface area contributed by atoms with Crippen molar-refractivity contribution in [1.29, 1.82) is 0 Å². The van der Waals surface area contributed by atoms with Crippen LogP contribution < -0.4 is 5.32 Å². The van der Waals surface area contributed by atoms with Crippen LogP contribution in [0.25, 0.3) is 0 Å². The van der Waals surface area contributed by atoms with Gasteiger partial charge in [0.05, 0.1) is 0 Å². The second-order valence-electron chi connectivity index (χ2n) is 4.19. The van der Waals surface area contributed by atoms with Gasteiger partial charge in [-0.1, -0.05) is 13.0 Å². The summed E-state index contributed by atoms with van der Waals surface area (Å²) in [5.41, 5.74) is 0.585. The van der Waals surface area contributed by atoms with Crippen LogP contribution in [0.5, 0.6) is 0 Å². The van der Waals surface area contributed by atoms with Gasteiger partial charge in [0, 0.05) is 24.8 Å². The smallest absolute Gasteiger partial charge is 0.133 e. The molecule has 0 spiro atoms. The first kappa shape index (κ1) is 15.1. The van der Waals surface area contributed by atoms with Crippen molar-refractivity contribution in [1.82, 2.24) is 5.32 Å². The van der Waals surface area contributed by atoms with E-state index in [9.17, 15) is 8.78 Å². The highest BCUT2D eigenvalue weighted by atomic mass is 19.1. The van der Waals surface area contributed by atoms with Gasteiger partial charge in [-0.3, -0.25) is 0 Å². The molecule has 2 nitrogen and oxygen atoms in total. The first-order valence-corrected chi connectivity index (χ1v) is 6.37. The Balaban J connectivity index is 2.93. The average Bonchev–Trinajstić information content (AvgIpc) is 2.35. The van der Waals surface area contributed by atoms with Crippen molar-refractivity contribution in [2.45, 2.75) is 33.2 Å². The Labute approximate surface area is 107 Å². The molecule has 0 aliphatic heterocycles. The van der Waals surface area contributed by atoms with Crippen LogP contribution in [0.15, 0.2) is 12.1 Å². The molecule has 0 saturated heterocycles. The van der Waals surface area contributed by atoms with Gasteiger partial charge in [0.15, 0.2) is 0 Å². The number of benzene rings is 1. The molecule has 0 heterocycles. The minimum Gasteiger partial charge on any atom is -0.382 e. The van der Waals surface area contributed by atoms with Crippen LogP contribution in [-0.2, 0) is 4.74 Å². The van der Waals surface area contributed by atoms with Gasteiger partial charge in [-0.05, 0) is 38.4 Å². The molecule has 1 aromatic carbocycles. The number of hydrogen-bond acceptors (Lipinski definition) is 2. The standard InChI is InChI=1S/C14H21F2NO/c1-4-17-12(8-9-18-5-2)13-11(15)7-6-10(3)14(13)16/h6-7,12,17H,4-5,8-9H2,1-3H3. The first-order valence-electron chi connectivity index (χ1n) is 6.37. The van der Waals surface area contributed by atoms with E-state index in [1.54, 1.807) is 6.92 Å². The lowest BCUT2D eigenvalue weighted by Gasteiger charge is -2.20. The Hall–Kier alpha value is -1.00. The van der Waals surface area contributed by atoms with E-state index in [-0.39, 0.29) is 11.6 Å². The number of halogens is 2. The highest BCUT2D eigenvalue weighted by Crippen LogP contribution is 2.25. The van der Waals surface area contributed by atoms with Crippen molar-refractivity contribution < 1.29 is 13.5 Å². The highest BCUT2D eigenvalue weighted by molar-refractivity contribution is 5.29. The van der Waals surface area contributed by atoms with Crippen LogP contribution in [0.1, 0.15) is 37.4 Å². The zero-order valence-corrected chi connectivity index (χ0v) is 11.2. The minimum atomic E-state index is -0.499. The third kappa shape index (κ3) is 3.75. The summed E-state index contributed by atoms with van der Waals surface area (Å²) in [7, 11) is 0. The van der Waals surface area contributed by atoms with Gasteiger partial charge >= 0.3 is 0 Å². The molecule has 1 atom stereocenters. The molecule has 0 amide bonds. The topological polar surface area (TPSA) is 21.3 Å². The lowest BCUT2D eigenvalue weighted by atomic mass is 10.00. The fraction of sp³-hybridized carbons (Fsp3) is 0.571. The summed E-state index contributed by atoms with van der Waals surface area (Å²) in [6, 6.07) is 2.43. The zero-order valence-electron chi connectivity index (χ0n) is 11.2. The SMILES string of the molecule is CCNC(CCOCC)c1c(F)ccc(C)c1F. The van der Waals surface area contributed by atoms with Crippen LogP contribution in [0.2, 0.25) is 0 Å². The lowest BCUT2D eigenvalue weighted by molar-refractivity contribution is 0.135. The maximum Gasteiger partial charge on any atom is 0.133 e. The number of rotatable bonds is 7. The average molecular weight is 257 g/mol. The van der Waals surface area contributed by atoms with E-state index in [2.05, 4.69) is 5.32 Å². The van der Waals surface area contributed by atoms with Gasteiger partial charge in [0.2, 0.25) is 0 Å².